The maximum Gasteiger partial charge on any atom is 0.243 e. The number of hydrogen-bond acceptors (Lipinski definition) is 4. The normalized spacial score (nSPS) is 9.64. The van der Waals surface area contributed by atoms with Gasteiger partial charge < -0.3 is 10.6 Å². The third-order valence-electron chi connectivity index (χ3n) is 3.04. The summed E-state index contributed by atoms with van der Waals surface area (Å²) < 4.78 is 0. The molecular weight excluding hydrogens is 278 g/mol. The molecule has 0 radical (unpaired) electrons. The minimum Gasteiger partial charge on any atom is -0.376 e. The molecule has 5 nitrogen and oxygen atoms in total. The van der Waals surface area contributed by atoms with Crippen molar-refractivity contribution in [2.75, 3.05) is 17.2 Å². The maximum atomic E-state index is 11.8. The lowest BCUT2D eigenvalue weighted by atomic mass is 10.1. The third-order valence-corrected chi connectivity index (χ3v) is 3.04. The van der Waals surface area contributed by atoms with E-state index >= 15 is 0 Å². The Morgan fingerprint density at radius 3 is 2.14 bits per heavy atom. The Morgan fingerprint density at radius 2 is 1.59 bits per heavy atom. The summed E-state index contributed by atoms with van der Waals surface area (Å²) in [4.78, 5) is 23.0. The predicted molar refractivity (Wildman–Crippen MR) is 84.7 cm³/mol. The Morgan fingerprint density at radius 1 is 1.00 bits per heavy atom. The van der Waals surface area contributed by atoms with E-state index in [1.165, 1.54) is 6.92 Å². The molecule has 0 aromatic heterocycles. The minimum absolute atomic E-state index is 0.00473. The van der Waals surface area contributed by atoms with E-state index in [9.17, 15) is 9.59 Å². The van der Waals surface area contributed by atoms with Crippen molar-refractivity contribution in [2.45, 2.75) is 6.92 Å². The quantitative estimate of drug-likeness (QED) is 0.830. The molecule has 0 unspecified atom stereocenters. The van der Waals surface area contributed by atoms with Crippen molar-refractivity contribution < 1.29 is 9.59 Å². The van der Waals surface area contributed by atoms with Gasteiger partial charge in [0.15, 0.2) is 5.78 Å². The molecule has 0 fully saturated rings. The minimum atomic E-state index is -0.194. The highest BCUT2D eigenvalue weighted by Gasteiger charge is 2.03. The lowest BCUT2D eigenvalue weighted by Gasteiger charge is -2.08. The average molecular weight is 293 g/mol. The molecule has 0 aliphatic rings. The van der Waals surface area contributed by atoms with Gasteiger partial charge in [-0.2, -0.15) is 5.26 Å². The van der Waals surface area contributed by atoms with Crippen LogP contribution in [0.2, 0.25) is 0 Å². The molecule has 0 aliphatic heterocycles. The van der Waals surface area contributed by atoms with Crippen LogP contribution in [0.5, 0.6) is 0 Å². The van der Waals surface area contributed by atoms with E-state index in [4.69, 9.17) is 5.26 Å². The van der Waals surface area contributed by atoms with Crippen LogP contribution in [0, 0.1) is 11.3 Å². The van der Waals surface area contributed by atoms with Crippen LogP contribution < -0.4 is 10.6 Å². The summed E-state index contributed by atoms with van der Waals surface area (Å²) in [5, 5.41) is 14.4. The van der Waals surface area contributed by atoms with Crippen molar-refractivity contribution >= 4 is 23.1 Å². The Hall–Kier alpha value is -3.13. The van der Waals surface area contributed by atoms with E-state index < -0.39 is 0 Å². The van der Waals surface area contributed by atoms with Crippen LogP contribution >= 0.6 is 0 Å². The molecule has 1 amide bonds. The van der Waals surface area contributed by atoms with Gasteiger partial charge in [-0.1, -0.05) is 0 Å². The summed E-state index contributed by atoms with van der Waals surface area (Å²) >= 11 is 0. The fourth-order valence-electron chi connectivity index (χ4n) is 1.84. The zero-order chi connectivity index (χ0) is 15.9. The van der Waals surface area contributed by atoms with Crippen LogP contribution in [0.4, 0.5) is 11.4 Å². The predicted octanol–water partition coefficient (Wildman–Crippen LogP) is 2.81. The first-order valence-electron chi connectivity index (χ1n) is 6.73. The van der Waals surface area contributed by atoms with E-state index in [0.717, 1.165) is 5.69 Å². The summed E-state index contributed by atoms with van der Waals surface area (Å²) in [7, 11) is 0. The first-order valence-corrected chi connectivity index (χ1v) is 6.73. The molecular formula is C17H15N3O2. The van der Waals surface area contributed by atoms with Crippen molar-refractivity contribution in [3.05, 3.63) is 59.7 Å². The van der Waals surface area contributed by atoms with Crippen LogP contribution in [0.3, 0.4) is 0 Å². The van der Waals surface area contributed by atoms with Crippen LogP contribution in [0.15, 0.2) is 48.5 Å². The molecule has 110 valence electrons. The number of nitriles is 1. The van der Waals surface area contributed by atoms with Gasteiger partial charge in [0.1, 0.15) is 0 Å². The molecule has 2 aromatic carbocycles. The molecule has 22 heavy (non-hydrogen) atoms. The Bertz CT molecular complexity index is 713. The summed E-state index contributed by atoms with van der Waals surface area (Å²) in [6, 6.07) is 15.6. The number of nitrogens with zero attached hydrogens (tertiary/aromatic N) is 1. The van der Waals surface area contributed by atoms with Gasteiger partial charge in [-0.15, -0.1) is 0 Å². The second-order valence-electron chi connectivity index (χ2n) is 4.72. The zero-order valence-electron chi connectivity index (χ0n) is 12.1. The number of amides is 1. The highest BCUT2D eigenvalue weighted by Crippen LogP contribution is 2.11. The third kappa shape index (κ3) is 4.18. The number of rotatable bonds is 5. The van der Waals surface area contributed by atoms with Crippen LogP contribution in [-0.2, 0) is 4.79 Å². The molecule has 0 spiro atoms. The second-order valence-corrected chi connectivity index (χ2v) is 4.72. The fourth-order valence-corrected chi connectivity index (χ4v) is 1.84. The van der Waals surface area contributed by atoms with E-state index in [2.05, 4.69) is 10.6 Å². The lowest BCUT2D eigenvalue weighted by molar-refractivity contribution is -0.114. The summed E-state index contributed by atoms with van der Waals surface area (Å²) in [5.41, 5.74) is 2.58. The van der Waals surface area contributed by atoms with Gasteiger partial charge in [0.05, 0.1) is 18.2 Å². The highest BCUT2D eigenvalue weighted by molar-refractivity contribution is 5.95. The molecule has 2 rings (SSSR count). The Labute approximate surface area is 128 Å². The van der Waals surface area contributed by atoms with Crippen molar-refractivity contribution in [1.82, 2.24) is 0 Å². The van der Waals surface area contributed by atoms with E-state index in [0.29, 0.717) is 16.8 Å². The number of benzene rings is 2. The zero-order valence-corrected chi connectivity index (χ0v) is 12.1. The molecule has 0 atom stereocenters. The molecule has 5 heteroatoms. The van der Waals surface area contributed by atoms with Gasteiger partial charge in [-0.3, -0.25) is 9.59 Å². The molecule has 0 saturated carbocycles. The van der Waals surface area contributed by atoms with Gasteiger partial charge in [0.2, 0.25) is 5.91 Å². The first kappa shape index (κ1) is 15.3. The summed E-state index contributed by atoms with van der Waals surface area (Å²) in [6.07, 6.45) is 0. The van der Waals surface area contributed by atoms with Crippen molar-refractivity contribution in [3.63, 3.8) is 0 Å². The molecule has 0 saturated heterocycles. The number of carbonyl (C=O) groups excluding carboxylic acids is 2. The number of Topliss-reactive ketones (excluding diaryl/α,β-unsaturated/α-hetero) is 1. The lowest BCUT2D eigenvalue weighted by Crippen LogP contribution is -2.21. The van der Waals surface area contributed by atoms with Gasteiger partial charge in [-0.05, 0) is 55.5 Å². The summed E-state index contributed by atoms with van der Waals surface area (Å²) in [5.74, 6) is -0.189. The van der Waals surface area contributed by atoms with Gasteiger partial charge in [0, 0.05) is 16.9 Å². The van der Waals surface area contributed by atoms with Crippen molar-refractivity contribution in [2.24, 2.45) is 0 Å². The van der Waals surface area contributed by atoms with Crippen LogP contribution in [0.1, 0.15) is 22.8 Å². The molecule has 0 bridgehead atoms. The molecule has 0 heterocycles. The van der Waals surface area contributed by atoms with Crippen LogP contribution in [-0.4, -0.2) is 18.2 Å². The number of ketones is 1. The number of carbonyl (C=O) groups is 2. The van der Waals surface area contributed by atoms with E-state index in [1.54, 1.807) is 48.5 Å². The first-order chi connectivity index (χ1) is 10.6. The monoisotopic (exact) mass is 293 g/mol. The van der Waals surface area contributed by atoms with E-state index in [1.807, 2.05) is 6.07 Å². The molecule has 2 N–H and O–H groups in total. The Kier molecular flexibility index (Phi) is 4.89. The second kappa shape index (κ2) is 7.04. The average Bonchev–Trinajstić information content (AvgIpc) is 2.54. The molecule has 0 aliphatic carbocycles. The summed E-state index contributed by atoms with van der Waals surface area (Å²) in [6.45, 7) is 1.62. The van der Waals surface area contributed by atoms with Gasteiger partial charge in [-0.25, -0.2) is 0 Å². The standard InChI is InChI=1S/C17H15N3O2/c1-12(21)14-4-8-15(9-5-14)19-11-17(22)20-16-6-2-13(10-18)3-7-16/h2-9,19H,11H2,1H3,(H,20,22). The van der Waals surface area contributed by atoms with Crippen molar-refractivity contribution in [1.29, 1.82) is 5.26 Å². The molecule has 2 aromatic rings. The Balaban J connectivity index is 1.86. The number of anilines is 2. The number of nitrogens with one attached hydrogen (secondary N) is 2. The fraction of sp³-hybridized carbons (Fsp3) is 0.118. The number of hydrogen-bond donors (Lipinski definition) is 2. The topological polar surface area (TPSA) is 82.0 Å². The SMILES string of the molecule is CC(=O)c1ccc(NCC(=O)Nc2ccc(C#N)cc2)cc1. The van der Waals surface area contributed by atoms with Crippen molar-refractivity contribution in [3.8, 4) is 6.07 Å². The largest absolute Gasteiger partial charge is 0.376 e. The van der Waals surface area contributed by atoms with Gasteiger partial charge >= 0.3 is 0 Å². The highest BCUT2D eigenvalue weighted by atomic mass is 16.2. The maximum absolute atomic E-state index is 11.8. The van der Waals surface area contributed by atoms with E-state index in [-0.39, 0.29) is 18.2 Å². The smallest absolute Gasteiger partial charge is 0.243 e. The van der Waals surface area contributed by atoms with Gasteiger partial charge in [0.25, 0.3) is 0 Å². The van der Waals surface area contributed by atoms with Crippen LogP contribution in [0.25, 0.3) is 0 Å².